The van der Waals surface area contributed by atoms with Gasteiger partial charge in [-0.25, -0.2) is 0 Å². The van der Waals surface area contributed by atoms with Crippen molar-refractivity contribution >= 4 is 53.1 Å². The Hall–Kier alpha value is -1.01. The van der Waals surface area contributed by atoms with Gasteiger partial charge < -0.3 is 15.1 Å². The fourth-order valence-corrected chi connectivity index (χ4v) is 3.86. The lowest BCUT2D eigenvalue weighted by atomic mass is 10.0. The van der Waals surface area contributed by atoms with Gasteiger partial charge in [0.25, 0.3) is 0 Å². The minimum absolute atomic E-state index is 0. The summed E-state index contributed by atoms with van der Waals surface area (Å²) in [7, 11) is 1.91. The third-order valence-corrected chi connectivity index (χ3v) is 5.40. The number of nitrogens with zero attached hydrogens (tertiary/aromatic N) is 2. The molecule has 0 spiro atoms. The first-order valence-electron chi connectivity index (χ1n) is 8.23. The van der Waals surface area contributed by atoms with Gasteiger partial charge in [0, 0.05) is 30.7 Å². The van der Waals surface area contributed by atoms with Crippen molar-refractivity contribution in [2.24, 2.45) is 5.92 Å². The Balaban J connectivity index is 0.00000225. The number of amides is 2. The van der Waals surface area contributed by atoms with E-state index >= 15 is 0 Å². The summed E-state index contributed by atoms with van der Waals surface area (Å²) in [5.74, 6) is -0.869. The highest BCUT2D eigenvalue weighted by Gasteiger charge is 2.41. The van der Waals surface area contributed by atoms with Crippen LogP contribution in [0, 0.1) is 5.92 Å². The molecular weight excluding hydrogens is 385 g/mol. The van der Waals surface area contributed by atoms with E-state index in [1.54, 1.807) is 23.1 Å². The molecule has 3 rings (SSSR count). The van der Waals surface area contributed by atoms with Crippen LogP contribution < -0.4 is 10.2 Å². The van der Waals surface area contributed by atoms with Crippen molar-refractivity contribution in [2.45, 2.75) is 25.3 Å². The summed E-state index contributed by atoms with van der Waals surface area (Å²) < 4.78 is 0. The van der Waals surface area contributed by atoms with Crippen molar-refractivity contribution in [3.63, 3.8) is 0 Å². The number of halogens is 3. The molecule has 2 unspecified atom stereocenters. The van der Waals surface area contributed by atoms with Crippen molar-refractivity contribution in [2.75, 3.05) is 31.6 Å². The Morgan fingerprint density at radius 1 is 1.24 bits per heavy atom. The molecule has 2 amide bonds. The average molecular weight is 407 g/mol. The van der Waals surface area contributed by atoms with Crippen molar-refractivity contribution < 1.29 is 9.59 Å². The van der Waals surface area contributed by atoms with Crippen molar-refractivity contribution in [1.29, 1.82) is 0 Å². The van der Waals surface area contributed by atoms with E-state index in [2.05, 4.69) is 5.32 Å². The van der Waals surface area contributed by atoms with Gasteiger partial charge in [-0.1, -0.05) is 23.2 Å². The molecule has 0 radical (unpaired) electrons. The van der Waals surface area contributed by atoms with E-state index < -0.39 is 5.92 Å². The SMILES string of the molecule is CNC1CCCN(C(=O)C2CCN(c3cc(Cl)ccc3Cl)C2=O)C1.Cl. The highest BCUT2D eigenvalue weighted by Crippen LogP contribution is 2.34. The number of piperidine rings is 1. The van der Waals surface area contributed by atoms with E-state index in [1.165, 1.54) is 0 Å². The Kier molecular flexibility index (Phi) is 6.97. The van der Waals surface area contributed by atoms with Crippen LogP contribution in [-0.2, 0) is 9.59 Å². The van der Waals surface area contributed by atoms with Crippen LogP contribution in [0.5, 0.6) is 0 Å². The molecule has 1 N–H and O–H groups in total. The molecule has 0 aromatic heterocycles. The number of hydrogen-bond acceptors (Lipinski definition) is 3. The summed E-state index contributed by atoms with van der Waals surface area (Å²) in [6.45, 7) is 1.87. The predicted octanol–water partition coefficient (Wildman–Crippen LogP) is 2.98. The Morgan fingerprint density at radius 2 is 2.00 bits per heavy atom. The molecule has 2 aliphatic heterocycles. The molecule has 8 heteroatoms. The molecule has 2 heterocycles. The van der Waals surface area contributed by atoms with Crippen LogP contribution in [0.4, 0.5) is 5.69 Å². The van der Waals surface area contributed by atoms with Crippen LogP contribution in [0.15, 0.2) is 18.2 Å². The Morgan fingerprint density at radius 3 is 2.72 bits per heavy atom. The van der Waals surface area contributed by atoms with Gasteiger partial charge in [0.2, 0.25) is 11.8 Å². The van der Waals surface area contributed by atoms with Crippen LogP contribution >= 0.6 is 35.6 Å². The van der Waals surface area contributed by atoms with Gasteiger partial charge in [-0.05, 0) is 44.5 Å². The van der Waals surface area contributed by atoms with Gasteiger partial charge in [-0.2, -0.15) is 0 Å². The van der Waals surface area contributed by atoms with Crippen LogP contribution in [-0.4, -0.2) is 49.4 Å². The summed E-state index contributed by atoms with van der Waals surface area (Å²) in [4.78, 5) is 29.0. The molecule has 0 bridgehead atoms. The van der Waals surface area contributed by atoms with Crippen LogP contribution in [0.3, 0.4) is 0 Å². The first kappa shape index (κ1) is 20.3. The molecule has 25 heavy (non-hydrogen) atoms. The summed E-state index contributed by atoms with van der Waals surface area (Å²) in [6, 6.07) is 5.33. The summed E-state index contributed by atoms with van der Waals surface area (Å²) in [5, 5.41) is 4.20. The topological polar surface area (TPSA) is 52.7 Å². The van der Waals surface area contributed by atoms with E-state index in [0.29, 0.717) is 41.3 Å². The second-order valence-corrected chi connectivity index (χ2v) is 7.18. The van der Waals surface area contributed by atoms with E-state index in [4.69, 9.17) is 23.2 Å². The molecule has 5 nitrogen and oxygen atoms in total. The first-order valence-corrected chi connectivity index (χ1v) is 8.99. The molecule has 2 saturated heterocycles. The Bertz CT molecular complexity index is 656. The molecule has 2 aliphatic rings. The lowest BCUT2D eigenvalue weighted by Gasteiger charge is -2.33. The highest BCUT2D eigenvalue weighted by molar-refractivity contribution is 6.36. The molecule has 2 atom stereocenters. The molecule has 2 fully saturated rings. The maximum absolute atomic E-state index is 12.8. The van der Waals surface area contributed by atoms with E-state index in [1.807, 2.05) is 11.9 Å². The highest BCUT2D eigenvalue weighted by atomic mass is 35.5. The number of carbonyl (C=O) groups is 2. The zero-order chi connectivity index (χ0) is 17.3. The van der Waals surface area contributed by atoms with E-state index in [-0.39, 0.29) is 24.2 Å². The average Bonchev–Trinajstić information content (AvgIpc) is 2.97. The second kappa shape index (κ2) is 8.58. The standard InChI is InChI=1S/C17H21Cl2N3O2.ClH/c1-20-12-3-2-7-21(10-12)16(23)13-6-8-22(17(13)24)15-9-11(18)4-5-14(15)19;/h4-5,9,12-13,20H,2-3,6-8,10H2,1H3;1H. The second-order valence-electron chi connectivity index (χ2n) is 6.34. The number of likely N-dealkylation sites (tertiary alicyclic amines) is 1. The lowest BCUT2D eigenvalue weighted by Crippen LogP contribution is -2.49. The van der Waals surface area contributed by atoms with Gasteiger partial charge in [-0.3, -0.25) is 9.59 Å². The lowest BCUT2D eigenvalue weighted by molar-refractivity contribution is -0.140. The minimum Gasteiger partial charge on any atom is -0.340 e. The van der Waals surface area contributed by atoms with E-state index in [0.717, 1.165) is 19.4 Å². The van der Waals surface area contributed by atoms with Gasteiger partial charge in [0.05, 0.1) is 10.7 Å². The number of rotatable bonds is 3. The van der Waals surface area contributed by atoms with Crippen molar-refractivity contribution in [1.82, 2.24) is 10.2 Å². The zero-order valence-electron chi connectivity index (χ0n) is 14.0. The van der Waals surface area contributed by atoms with Gasteiger partial charge in [0.1, 0.15) is 5.92 Å². The quantitative estimate of drug-likeness (QED) is 0.785. The Labute approximate surface area is 164 Å². The van der Waals surface area contributed by atoms with Crippen LogP contribution in [0.25, 0.3) is 0 Å². The third-order valence-electron chi connectivity index (χ3n) is 4.84. The minimum atomic E-state index is -0.615. The number of carbonyl (C=O) groups excluding carboxylic acids is 2. The molecular formula is C17H22Cl3N3O2. The number of benzene rings is 1. The third kappa shape index (κ3) is 4.22. The fraction of sp³-hybridized carbons (Fsp3) is 0.529. The number of anilines is 1. The zero-order valence-corrected chi connectivity index (χ0v) is 16.3. The predicted molar refractivity (Wildman–Crippen MR) is 103 cm³/mol. The molecule has 0 aliphatic carbocycles. The molecule has 1 aromatic rings. The summed E-state index contributed by atoms with van der Waals surface area (Å²) in [5.41, 5.74) is 0.580. The molecule has 1 aromatic carbocycles. The van der Waals surface area contributed by atoms with E-state index in [9.17, 15) is 9.59 Å². The first-order chi connectivity index (χ1) is 11.5. The van der Waals surface area contributed by atoms with Gasteiger partial charge >= 0.3 is 0 Å². The largest absolute Gasteiger partial charge is 0.340 e. The van der Waals surface area contributed by atoms with Crippen molar-refractivity contribution in [3.8, 4) is 0 Å². The summed E-state index contributed by atoms with van der Waals surface area (Å²) in [6.07, 6.45) is 2.53. The number of nitrogens with one attached hydrogen (secondary N) is 1. The van der Waals surface area contributed by atoms with Gasteiger partial charge in [-0.15, -0.1) is 12.4 Å². The van der Waals surface area contributed by atoms with Crippen LogP contribution in [0.2, 0.25) is 10.0 Å². The normalized spacial score (nSPS) is 23.6. The smallest absolute Gasteiger partial charge is 0.239 e. The fourth-order valence-electron chi connectivity index (χ4n) is 3.47. The maximum atomic E-state index is 12.8. The van der Waals surface area contributed by atoms with Gasteiger partial charge in [0.15, 0.2) is 0 Å². The monoisotopic (exact) mass is 405 g/mol. The number of hydrogen-bond donors (Lipinski definition) is 1. The molecule has 0 saturated carbocycles. The summed E-state index contributed by atoms with van der Waals surface area (Å²) >= 11 is 12.2. The molecule has 138 valence electrons. The van der Waals surface area contributed by atoms with Crippen LogP contribution in [0.1, 0.15) is 19.3 Å². The van der Waals surface area contributed by atoms with Crippen molar-refractivity contribution in [3.05, 3.63) is 28.2 Å². The maximum Gasteiger partial charge on any atom is 0.239 e. The number of likely N-dealkylation sites (N-methyl/N-ethyl adjacent to an activating group) is 1.